The minimum absolute atomic E-state index is 0.597. The van der Waals surface area contributed by atoms with E-state index < -0.39 is 0 Å². The molecule has 5 nitrogen and oxygen atoms in total. The third-order valence-electron chi connectivity index (χ3n) is 2.41. The van der Waals surface area contributed by atoms with Crippen molar-refractivity contribution in [1.82, 2.24) is 9.97 Å². The maximum atomic E-state index is 5.07. The Kier molecular flexibility index (Phi) is 3.96. The molecule has 18 heavy (non-hydrogen) atoms. The van der Waals surface area contributed by atoms with E-state index in [9.17, 15) is 0 Å². The van der Waals surface area contributed by atoms with Crippen LogP contribution in [0.2, 0.25) is 0 Å². The summed E-state index contributed by atoms with van der Waals surface area (Å²) in [6.45, 7) is 0.616. The molecule has 0 atom stereocenters. The number of methoxy groups -OCH3 is 2. The predicted molar refractivity (Wildman–Crippen MR) is 68.9 cm³/mol. The van der Waals surface area contributed by atoms with Gasteiger partial charge in [-0.25, -0.2) is 9.97 Å². The number of ether oxygens (including phenoxy) is 2. The summed E-state index contributed by atoms with van der Waals surface area (Å²) in [6, 6.07) is 9.38. The second-order valence-corrected chi connectivity index (χ2v) is 3.61. The molecule has 94 valence electrons. The number of rotatable bonds is 5. The molecular weight excluding hydrogens is 230 g/mol. The summed E-state index contributed by atoms with van der Waals surface area (Å²) in [5.74, 6) is 1.21. The molecular formula is C13H15N3O2. The molecule has 2 rings (SSSR count). The largest absolute Gasteiger partial charge is 0.481 e. The number of anilines is 1. The van der Waals surface area contributed by atoms with Gasteiger partial charge >= 0.3 is 0 Å². The van der Waals surface area contributed by atoms with Crippen molar-refractivity contribution < 1.29 is 9.47 Å². The van der Waals surface area contributed by atoms with Crippen molar-refractivity contribution in [3.63, 3.8) is 0 Å². The number of pyridine rings is 2. The molecule has 5 heteroatoms. The lowest BCUT2D eigenvalue weighted by atomic mass is 10.3. The van der Waals surface area contributed by atoms with Gasteiger partial charge in [0.2, 0.25) is 11.8 Å². The maximum absolute atomic E-state index is 5.07. The monoisotopic (exact) mass is 245 g/mol. The Morgan fingerprint density at radius 2 is 1.89 bits per heavy atom. The van der Waals surface area contributed by atoms with Gasteiger partial charge in [-0.15, -0.1) is 0 Å². The number of hydrogen-bond acceptors (Lipinski definition) is 5. The molecule has 0 saturated carbocycles. The molecule has 0 radical (unpaired) electrons. The predicted octanol–water partition coefficient (Wildman–Crippen LogP) is 2.11. The maximum Gasteiger partial charge on any atom is 0.213 e. The molecule has 0 aromatic carbocycles. The Morgan fingerprint density at radius 1 is 1.06 bits per heavy atom. The Morgan fingerprint density at radius 3 is 2.56 bits per heavy atom. The lowest BCUT2D eigenvalue weighted by molar-refractivity contribution is 0.396. The first-order valence-electron chi connectivity index (χ1n) is 5.55. The Hall–Kier alpha value is -2.30. The van der Waals surface area contributed by atoms with E-state index in [0.29, 0.717) is 18.3 Å². The van der Waals surface area contributed by atoms with Gasteiger partial charge in [-0.3, -0.25) is 0 Å². The molecule has 0 spiro atoms. The molecule has 0 bridgehead atoms. The van der Waals surface area contributed by atoms with Crippen molar-refractivity contribution >= 4 is 5.69 Å². The van der Waals surface area contributed by atoms with Gasteiger partial charge in [0, 0.05) is 12.1 Å². The Bertz CT molecular complexity index is 500. The zero-order chi connectivity index (χ0) is 12.8. The zero-order valence-electron chi connectivity index (χ0n) is 10.4. The molecule has 2 aromatic heterocycles. The third-order valence-corrected chi connectivity index (χ3v) is 2.41. The average Bonchev–Trinajstić information content (AvgIpc) is 2.46. The van der Waals surface area contributed by atoms with Crippen LogP contribution in [0.15, 0.2) is 36.5 Å². The van der Waals surface area contributed by atoms with Gasteiger partial charge in [0.1, 0.15) is 0 Å². The lowest BCUT2D eigenvalue weighted by Gasteiger charge is -2.07. The van der Waals surface area contributed by atoms with Gasteiger partial charge < -0.3 is 14.8 Å². The molecule has 0 aliphatic heterocycles. The van der Waals surface area contributed by atoms with E-state index in [4.69, 9.17) is 9.47 Å². The number of nitrogens with one attached hydrogen (secondary N) is 1. The third kappa shape index (κ3) is 3.10. The van der Waals surface area contributed by atoms with E-state index in [1.807, 2.05) is 24.3 Å². The fourth-order valence-electron chi connectivity index (χ4n) is 1.47. The molecule has 0 saturated heterocycles. The molecule has 2 heterocycles. The highest BCUT2D eigenvalue weighted by atomic mass is 16.5. The first kappa shape index (κ1) is 12.2. The first-order valence-corrected chi connectivity index (χ1v) is 5.55. The van der Waals surface area contributed by atoms with Gasteiger partial charge in [-0.2, -0.15) is 0 Å². The van der Waals surface area contributed by atoms with Crippen LogP contribution >= 0.6 is 0 Å². The Balaban J connectivity index is 1.97. The summed E-state index contributed by atoms with van der Waals surface area (Å²) in [5, 5.41) is 3.23. The molecule has 0 aliphatic carbocycles. The van der Waals surface area contributed by atoms with E-state index in [2.05, 4.69) is 15.3 Å². The standard InChI is InChI=1S/C13H15N3O2/c1-17-12-7-6-10(8-15-12)14-9-11-4-3-5-13(16-11)18-2/h3-8,14H,9H2,1-2H3. The van der Waals surface area contributed by atoms with Crippen LogP contribution in [0.3, 0.4) is 0 Å². The van der Waals surface area contributed by atoms with Crippen molar-refractivity contribution in [2.75, 3.05) is 19.5 Å². The van der Waals surface area contributed by atoms with E-state index in [1.165, 1.54) is 0 Å². The molecule has 0 fully saturated rings. The zero-order valence-corrected chi connectivity index (χ0v) is 10.4. The van der Waals surface area contributed by atoms with Crippen LogP contribution in [0, 0.1) is 0 Å². The molecule has 0 amide bonds. The van der Waals surface area contributed by atoms with E-state index in [1.54, 1.807) is 26.5 Å². The van der Waals surface area contributed by atoms with Crippen LogP contribution in [0.1, 0.15) is 5.69 Å². The number of nitrogens with zero attached hydrogens (tertiary/aromatic N) is 2. The summed E-state index contributed by atoms with van der Waals surface area (Å²) < 4.78 is 10.1. The van der Waals surface area contributed by atoms with Gasteiger partial charge in [0.05, 0.1) is 38.3 Å². The highest BCUT2D eigenvalue weighted by Crippen LogP contribution is 2.13. The van der Waals surface area contributed by atoms with E-state index in [-0.39, 0.29) is 0 Å². The van der Waals surface area contributed by atoms with Crippen LogP contribution in [0.5, 0.6) is 11.8 Å². The van der Waals surface area contributed by atoms with Gasteiger partial charge in [0.25, 0.3) is 0 Å². The summed E-state index contributed by atoms with van der Waals surface area (Å²) in [7, 11) is 3.20. The highest BCUT2D eigenvalue weighted by molar-refractivity contribution is 5.42. The average molecular weight is 245 g/mol. The smallest absolute Gasteiger partial charge is 0.213 e. The van der Waals surface area contributed by atoms with Crippen molar-refractivity contribution in [2.45, 2.75) is 6.54 Å². The van der Waals surface area contributed by atoms with Crippen LogP contribution in [-0.2, 0) is 6.54 Å². The molecule has 0 aliphatic rings. The number of hydrogen-bond donors (Lipinski definition) is 1. The van der Waals surface area contributed by atoms with Gasteiger partial charge in [-0.1, -0.05) is 6.07 Å². The van der Waals surface area contributed by atoms with Crippen LogP contribution in [-0.4, -0.2) is 24.2 Å². The van der Waals surface area contributed by atoms with Crippen molar-refractivity contribution in [1.29, 1.82) is 0 Å². The van der Waals surface area contributed by atoms with Gasteiger partial charge in [-0.05, 0) is 12.1 Å². The van der Waals surface area contributed by atoms with Crippen molar-refractivity contribution in [2.24, 2.45) is 0 Å². The highest BCUT2D eigenvalue weighted by Gasteiger charge is 1.99. The minimum atomic E-state index is 0.597. The first-order chi connectivity index (χ1) is 8.81. The second kappa shape index (κ2) is 5.86. The van der Waals surface area contributed by atoms with E-state index >= 15 is 0 Å². The SMILES string of the molecule is COc1ccc(NCc2cccc(OC)n2)cn1. The van der Waals surface area contributed by atoms with E-state index in [0.717, 1.165) is 11.4 Å². The van der Waals surface area contributed by atoms with Gasteiger partial charge in [0.15, 0.2) is 0 Å². The van der Waals surface area contributed by atoms with Crippen LogP contribution in [0.4, 0.5) is 5.69 Å². The fraction of sp³-hybridized carbons (Fsp3) is 0.231. The normalized spacial score (nSPS) is 9.89. The number of aromatic nitrogens is 2. The molecule has 0 unspecified atom stereocenters. The summed E-state index contributed by atoms with van der Waals surface area (Å²) in [5.41, 5.74) is 1.82. The molecule has 1 N–H and O–H groups in total. The lowest BCUT2D eigenvalue weighted by Crippen LogP contribution is -2.02. The van der Waals surface area contributed by atoms with Crippen molar-refractivity contribution in [3.8, 4) is 11.8 Å². The second-order valence-electron chi connectivity index (χ2n) is 3.61. The minimum Gasteiger partial charge on any atom is -0.481 e. The summed E-state index contributed by atoms with van der Waals surface area (Å²) in [4.78, 5) is 8.42. The summed E-state index contributed by atoms with van der Waals surface area (Å²) >= 11 is 0. The van der Waals surface area contributed by atoms with Crippen molar-refractivity contribution in [3.05, 3.63) is 42.2 Å². The quantitative estimate of drug-likeness (QED) is 0.874. The van der Waals surface area contributed by atoms with Crippen LogP contribution in [0.25, 0.3) is 0 Å². The Labute approximate surface area is 106 Å². The summed E-state index contributed by atoms with van der Waals surface area (Å²) in [6.07, 6.45) is 1.72. The fourth-order valence-corrected chi connectivity index (χ4v) is 1.47. The topological polar surface area (TPSA) is 56.3 Å². The van der Waals surface area contributed by atoms with Crippen LogP contribution < -0.4 is 14.8 Å². The molecule has 2 aromatic rings.